The fraction of sp³-hybridized carbons (Fsp3) is 0.158. The van der Waals surface area contributed by atoms with Crippen LogP contribution in [0.5, 0.6) is 11.5 Å². The number of nitro groups is 1. The lowest BCUT2D eigenvalue weighted by atomic mass is 10.1. The number of nitrogens with zero attached hydrogens (tertiary/aromatic N) is 2. The fourth-order valence-electron chi connectivity index (χ4n) is 2.49. The number of hydrogen-bond acceptors (Lipinski definition) is 6. The topological polar surface area (TPSA) is 128 Å². The van der Waals surface area contributed by atoms with Crippen molar-refractivity contribution in [3.05, 3.63) is 62.7 Å². The molecule has 0 spiro atoms. The van der Waals surface area contributed by atoms with Crippen LogP contribution in [0.1, 0.15) is 16.7 Å². The predicted octanol–water partition coefficient (Wildman–Crippen LogP) is 2.84. The highest BCUT2D eigenvalue weighted by atomic mass is 16.6. The van der Waals surface area contributed by atoms with Crippen molar-refractivity contribution >= 4 is 23.4 Å². The minimum atomic E-state index is -0.877. The van der Waals surface area contributed by atoms with Crippen molar-refractivity contribution in [3.8, 4) is 17.6 Å². The van der Waals surface area contributed by atoms with Crippen molar-refractivity contribution < 1.29 is 19.6 Å². The molecule has 27 heavy (non-hydrogen) atoms. The van der Waals surface area contributed by atoms with Gasteiger partial charge in [-0.2, -0.15) is 5.26 Å². The number of amides is 1. The van der Waals surface area contributed by atoms with Crippen LogP contribution in [0.15, 0.2) is 35.9 Å². The molecule has 1 amide bonds. The first-order chi connectivity index (χ1) is 12.8. The summed E-state index contributed by atoms with van der Waals surface area (Å²) in [6, 6.07) is 9.48. The van der Waals surface area contributed by atoms with Gasteiger partial charge in [0.05, 0.1) is 12.0 Å². The molecule has 0 aliphatic heterocycles. The van der Waals surface area contributed by atoms with E-state index in [2.05, 4.69) is 5.32 Å². The van der Waals surface area contributed by atoms with Gasteiger partial charge in [-0.25, -0.2) is 0 Å². The Labute approximate surface area is 155 Å². The predicted molar refractivity (Wildman–Crippen MR) is 97.2 cm³/mol. The van der Waals surface area contributed by atoms with E-state index in [0.717, 1.165) is 23.3 Å². The second-order valence-electron chi connectivity index (χ2n) is 5.72. The molecule has 2 aromatic rings. The Hall–Kier alpha value is -3.86. The van der Waals surface area contributed by atoms with E-state index in [4.69, 9.17) is 4.74 Å². The van der Waals surface area contributed by atoms with E-state index in [1.54, 1.807) is 6.07 Å². The number of nitro benzene ring substituents is 1. The molecule has 138 valence electrons. The lowest BCUT2D eigenvalue weighted by Crippen LogP contribution is -2.15. The van der Waals surface area contributed by atoms with Gasteiger partial charge in [-0.1, -0.05) is 18.2 Å². The smallest absolute Gasteiger partial charge is 0.266 e. The lowest BCUT2D eigenvalue weighted by Gasteiger charge is -2.13. The second-order valence-corrected chi connectivity index (χ2v) is 5.72. The molecule has 0 atom stereocenters. The van der Waals surface area contributed by atoms with Gasteiger partial charge in [0.1, 0.15) is 17.4 Å². The minimum Gasteiger partial charge on any atom is -0.865 e. The molecule has 0 fully saturated rings. The molecule has 0 aliphatic carbocycles. The van der Waals surface area contributed by atoms with Crippen LogP contribution in [0.3, 0.4) is 0 Å². The number of benzene rings is 2. The maximum atomic E-state index is 12.5. The molecule has 8 nitrogen and oxygen atoms in total. The van der Waals surface area contributed by atoms with Crippen LogP contribution >= 0.6 is 0 Å². The molecule has 0 radical (unpaired) electrons. The van der Waals surface area contributed by atoms with Crippen LogP contribution < -0.4 is 15.2 Å². The van der Waals surface area contributed by atoms with E-state index in [-0.39, 0.29) is 16.9 Å². The Balaban J connectivity index is 2.44. The highest BCUT2D eigenvalue weighted by molar-refractivity contribution is 6.10. The molecule has 0 heterocycles. The van der Waals surface area contributed by atoms with Crippen LogP contribution in [0.2, 0.25) is 0 Å². The van der Waals surface area contributed by atoms with Crippen molar-refractivity contribution in [2.45, 2.75) is 13.8 Å². The summed E-state index contributed by atoms with van der Waals surface area (Å²) >= 11 is 0. The average molecular weight is 366 g/mol. The number of anilines is 1. The van der Waals surface area contributed by atoms with Crippen LogP contribution in [0, 0.1) is 35.3 Å². The summed E-state index contributed by atoms with van der Waals surface area (Å²) in [5, 5.41) is 34.9. The molecular weight excluding hydrogens is 350 g/mol. The number of rotatable bonds is 5. The zero-order valence-electron chi connectivity index (χ0n) is 14.9. The largest absolute Gasteiger partial charge is 0.865 e. The van der Waals surface area contributed by atoms with Crippen LogP contribution in [-0.2, 0) is 4.79 Å². The molecule has 0 saturated carbocycles. The maximum absolute atomic E-state index is 12.5. The highest BCUT2D eigenvalue weighted by Gasteiger charge is 2.16. The first kappa shape index (κ1) is 19.5. The van der Waals surface area contributed by atoms with Gasteiger partial charge in [0.25, 0.3) is 11.6 Å². The van der Waals surface area contributed by atoms with E-state index >= 15 is 0 Å². The molecule has 2 rings (SSSR count). The van der Waals surface area contributed by atoms with Crippen molar-refractivity contribution in [1.29, 1.82) is 5.26 Å². The highest BCUT2D eigenvalue weighted by Crippen LogP contribution is 2.35. The first-order valence-corrected chi connectivity index (χ1v) is 7.81. The average Bonchev–Trinajstić information content (AvgIpc) is 2.63. The number of carbonyl (C=O) groups is 1. The monoisotopic (exact) mass is 366 g/mol. The van der Waals surface area contributed by atoms with Gasteiger partial charge < -0.3 is 15.2 Å². The minimum absolute atomic E-state index is 0.131. The van der Waals surface area contributed by atoms with E-state index in [1.165, 1.54) is 13.2 Å². The summed E-state index contributed by atoms with van der Waals surface area (Å²) in [4.78, 5) is 22.7. The number of para-hydroxylation sites is 1. The summed E-state index contributed by atoms with van der Waals surface area (Å²) < 4.78 is 4.85. The molecule has 0 bridgehead atoms. The van der Waals surface area contributed by atoms with Crippen LogP contribution in [-0.4, -0.2) is 17.9 Å². The van der Waals surface area contributed by atoms with Gasteiger partial charge in [0, 0.05) is 17.5 Å². The molecule has 0 aromatic heterocycles. The Morgan fingerprint density at radius 3 is 2.44 bits per heavy atom. The number of ether oxygens (including phenoxy) is 1. The Morgan fingerprint density at radius 2 is 1.93 bits per heavy atom. The SMILES string of the molecule is COc1cc(/C=C(\C#N)C(=O)Nc2c(C)cccc2C)cc([N+](=O)[O-])c1[O-]. The molecular formula is C19H16N3O5-. The first-order valence-electron chi connectivity index (χ1n) is 7.81. The number of aryl methyl sites for hydroxylation is 2. The third-order valence-electron chi connectivity index (χ3n) is 3.87. The standard InChI is InChI=1S/C19H17N3O5/c1-11-5-4-6-12(2)17(11)21-19(24)14(10-20)7-13-8-15(22(25)26)18(23)16(9-13)27-3/h4-9,23H,1-3H3,(H,21,24)/p-1/b14-7+. The van der Waals surface area contributed by atoms with Crippen molar-refractivity contribution in [1.82, 2.24) is 0 Å². The molecule has 2 aromatic carbocycles. The summed E-state index contributed by atoms with van der Waals surface area (Å²) in [6.07, 6.45) is 1.16. The van der Waals surface area contributed by atoms with Crippen molar-refractivity contribution in [2.24, 2.45) is 0 Å². The molecule has 0 saturated heterocycles. The zero-order valence-corrected chi connectivity index (χ0v) is 14.9. The lowest BCUT2D eigenvalue weighted by molar-refractivity contribution is -0.398. The Kier molecular flexibility index (Phi) is 5.78. The van der Waals surface area contributed by atoms with Gasteiger partial charge in [0.15, 0.2) is 0 Å². The number of nitrogens with one attached hydrogen (secondary N) is 1. The zero-order chi connectivity index (χ0) is 20.1. The van der Waals surface area contributed by atoms with Crippen LogP contribution in [0.4, 0.5) is 11.4 Å². The summed E-state index contributed by atoms with van der Waals surface area (Å²) in [5.41, 5.74) is 1.40. The van der Waals surface area contributed by atoms with Gasteiger partial charge in [-0.05, 0) is 42.7 Å². The van der Waals surface area contributed by atoms with E-state index < -0.39 is 22.3 Å². The third-order valence-corrected chi connectivity index (χ3v) is 3.87. The summed E-state index contributed by atoms with van der Waals surface area (Å²) in [5.74, 6) is -1.79. The van der Waals surface area contributed by atoms with E-state index in [9.17, 15) is 25.3 Å². The number of carbonyl (C=O) groups excluding carboxylic acids is 1. The third kappa shape index (κ3) is 4.22. The molecule has 1 N–H and O–H groups in total. The number of hydrogen-bond donors (Lipinski definition) is 1. The summed E-state index contributed by atoms with van der Waals surface area (Å²) in [6.45, 7) is 3.64. The molecule has 0 aliphatic rings. The van der Waals surface area contributed by atoms with Crippen molar-refractivity contribution in [3.63, 3.8) is 0 Å². The van der Waals surface area contributed by atoms with Crippen molar-refractivity contribution in [2.75, 3.05) is 12.4 Å². The molecule has 8 heteroatoms. The second kappa shape index (κ2) is 8.01. The van der Waals surface area contributed by atoms with Gasteiger partial charge in [-0.15, -0.1) is 0 Å². The van der Waals surface area contributed by atoms with E-state index in [0.29, 0.717) is 5.69 Å². The number of nitriles is 1. The Bertz CT molecular complexity index is 969. The quantitative estimate of drug-likeness (QED) is 0.375. The van der Waals surface area contributed by atoms with Gasteiger partial charge in [0.2, 0.25) is 0 Å². The maximum Gasteiger partial charge on any atom is 0.266 e. The molecule has 0 unspecified atom stereocenters. The normalized spacial score (nSPS) is 10.8. The Morgan fingerprint density at radius 1 is 1.30 bits per heavy atom. The van der Waals surface area contributed by atoms with Crippen LogP contribution in [0.25, 0.3) is 6.08 Å². The fourth-order valence-corrected chi connectivity index (χ4v) is 2.49. The van der Waals surface area contributed by atoms with E-state index in [1.807, 2.05) is 32.0 Å². The number of methoxy groups -OCH3 is 1. The van der Waals surface area contributed by atoms with Gasteiger partial charge >= 0.3 is 0 Å². The summed E-state index contributed by atoms with van der Waals surface area (Å²) in [7, 11) is 1.20. The van der Waals surface area contributed by atoms with Gasteiger partial charge in [-0.3, -0.25) is 14.9 Å².